The molecule has 0 saturated heterocycles. The Kier molecular flexibility index (Phi) is 4.87. The summed E-state index contributed by atoms with van der Waals surface area (Å²) in [6.45, 7) is 4.05. The van der Waals surface area contributed by atoms with Crippen LogP contribution in [0.2, 0.25) is 0 Å². The van der Waals surface area contributed by atoms with Crippen LogP contribution < -0.4 is 15.5 Å². The normalized spacial score (nSPS) is 12.7. The number of fused-ring (bicyclic) bond motifs is 1. The highest BCUT2D eigenvalue weighted by Crippen LogP contribution is 2.39. The maximum Gasteiger partial charge on any atom is 0.159 e. The standard InChI is InChI=1S/C24H20BrNO/c1-3-20-21-15-17(25)16-22(24(21)27-23(20)4-2)26(18-11-7-5-8-12-18)19-13-9-6-10-14-19/h3-16H,1-2H3/b20-3-,23-4+. The summed E-state index contributed by atoms with van der Waals surface area (Å²) in [5.74, 6) is 0. The van der Waals surface area contributed by atoms with Crippen LogP contribution in [0.4, 0.5) is 17.1 Å². The van der Waals surface area contributed by atoms with Gasteiger partial charge in [0.2, 0.25) is 0 Å². The average molecular weight is 418 g/mol. The van der Waals surface area contributed by atoms with Gasteiger partial charge in [0.15, 0.2) is 5.58 Å². The third-order valence-electron chi connectivity index (χ3n) is 4.62. The average Bonchev–Trinajstić information content (AvgIpc) is 3.07. The van der Waals surface area contributed by atoms with Crippen molar-refractivity contribution in [1.29, 1.82) is 0 Å². The first-order valence-corrected chi connectivity index (χ1v) is 9.77. The first kappa shape index (κ1) is 17.6. The molecule has 0 atom stereocenters. The molecule has 2 nitrogen and oxygen atoms in total. The topological polar surface area (TPSA) is 16.4 Å². The predicted molar refractivity (Wildman–Crippen MR) is 118 cm³/mol. The third-order valence-corrected chi connectivity index (χ3v) is 5.08. The fourth-order valence-electron chi connectivity index (χ4n) is 3.44. The van der Waals surface area contributed by atoms with Gasteiger partial charge in [0.05, 0.1) is 5.69 Å². The number of hydrogen-bond acceptors (Lipinski definition) is 2. The second-order valence-corrected chi connectivity index (χ2v) is 7.18. The SMILES string of the molecule is C/C=c1\c(=C/C)oc2c(N(c3ccccc3)c3ccccc3)cc(Br)cc12. The second-order valence-electron chi connectivity index (χ2n) is 6.27. The molecular weight excluding hydrogens is 398 g/mol. The highest BCUT2D eigenvalue weighted by atomic mass is 79.9. The lowest BCUT2D eigenvalue weighted by molar-refractivity contribution is 0.575. The molecule has 0 saturated carbocycles. The quantitative estimate of drug-likeness (QED) is 0.390. The number of nitrogens with zero attached hydrogens (tertiary/aromatic N) is 1. The fourth-order valence-corrected chi connectivity index (χ4v) is 3.89. The Morgan fingerprint density at radius 2 is 1.41 bits per heavy atom. The Morgan fingerprint density at radius 3 is 1.93 bits per heavy atom. The van der Waals surface area contributed by atoms with Crippen LogP contribution in [0.25, 0.3) is 23.1 Å². The summed E-state index contributed by atoms with van der Waals surface area (Å²) in [4.78, 5) is 2.23. The van der Waals surface area contributed by atoms with Gasteiger partial charge in [-0.2, -0.15) is 0 Å². The molecule has 1 heterocycles. The van der Waals surface area contributed by atoms with E-state index in [1.165, 1.54) is 0 Å². The molecule has 0 bridgehead atoms. The molecule has 0 aliphatic carbocycles. The number of anilines is 3. The Labute approximate surface area is 167 Å². The zero-order valence-electron chi connectivity index (χ0n) is 15.3. The minimum atomic E-state index is 0.882. The van der Waals surface area contributed by atoms with E-state index in [0.29, 0.717) is 0 Å². The van der Waals surface area contributed by atoms with Gasteiger partial charge < -0.3 is 9.32 Å². The lowest BCUT2D eigenvalue weighted by Crippen LogP contribution is -2.18. The summed E-state index contributed by atoms with van der Waals surface area (Å²) in [6.07, 6.45) is 4.12. The summed E-state index contributed by atoms with van der Waals surface area (Å²) in [5.41, 5.74) is 4.96. The van der Waals surface area contributed by atoms with Crippen molar-refractivity contribution in [3.63, 3.8) is 0 Å². The van der Waals surface area contributed by atoms with Crippen molar-refractivity contribution in [1.82, 2.24) is 0 Å². The molecular formula is C24H20BrNO. The van der Waals surface area contributed by atoms with Gasteiger partial charge >= 0.3 is 0 Å². The first-order chi connectivity index (χ1) is 13.2. The number of benzene rings is 3. The van der Waals surface area contributed by atoms with Gasteiger partial charge in [0.1, 0.15) is 5.42 Å². The third kappa shape index (κ3) is 3.19. The highest BCUT2D eigenvalue weighted by molar-refractivity contribution is 9.10. The van der Waals surface area contributed by atoms with Gasteiger partial charge in [-0.3, -0.25) is 0 Å². The van der Waals surface area contributed by atoms with Crippen molar-refractivity contribution >= 4 is 56.1 Å². The summed E-state index contributed by atoms with van der Waals surface area (Å²) in [6, 6.07) is 25.0. The van der Waals surface area contributed by atoms with Gasteiger partial charge in [0.25, 0.3) is 0 Å². The number of furan rings is 1. The van der Waals surface area contributed by atoms with E-state index in [1.54, 1.807) is 0 Å². The zero-order chi connectivity index (χ0) is 18.8. The Morgan fingerprint density at radius 1 is 0.815 bits per heavy atom. The molecule has 0 aliphatic heterocycles. The van der Waals surface area contributed by atoms with Crippen molar-refractivity contribution in [2.45, 2.75) is 13.8 Å². The molecule has 0 N–H and O–H groups in total. The van der Waals surface area contributed by atoms with Crippen LogP contribution in [0.1, 0.15) is 13.8 Å². The maximum absolute atomic E-state index is 6.30. The van der Waals surface area contributed by atoms with Gasteiger partial charge in [-0.25, -0.2) is 0 Å². The number of rotatable bonds is 3. The van der Waals surface area contributed by atoms with Crippen LogP contribution in [0, 0.1) is 0 Å². The van der Waals surface area contributed by atoms with Crippen LogP contribution >= 0.6 is 15.9 Å². The first-order valence-electron chi connectivity index (χ1n) is 8.98. The molecule has 4 aromatic rings. The van der Waals surface area contributed by atoms with Gasteiger partial charge in [0, 0.05) is 26.5 Å². The van der Waals surface area contributed by atoms with Gasteiger partial charge in [-0.15, -0.1) is 0 Å². The molecule has 1 aromatic heterocycles. The van der Waals surface area contributed by atoms with Crippen molar-refractivity contribution < 1.29 is 4.42 Å². The number of hydrogen-bond donors (Lipinski definition) is 0. The molecule has 0 radical (unpaired) electrons. The van der Waals surface area contributed by atoms with Gasteiger partial charge in [-0.1, -0.05) is 58.4 Å². The fraction of sp³-hybridized carbons (Fsp3) is 0.0833. The summed E-state index contributed by atoms with van der Waals surface area (Å²) in [5, 5.41) is 2.22. The van der Waals surface area contributed by atoms with E-state index in [-0.39, 0.29) is 0 Å². The molecule has 0 fully saturated rings. The van der Waals surface area contributed by atoms with Crippen molar-refractivity contribution in [2.24, 2.45) is 0 Å². The molecule has 27 heavy (non-hydrogen) atoms. The number of halogens is 1. The number of para-hydroxylation sites is 2. The van der Waals surface area contributed by atoms with Gasteiger partial charge in [-0.05, 0) is 56.3 Å². The van der Waals surface area contributed by atoms with Crippen LogP contribution in [0.3, 0.4) is 0 Å². The van der Waals surface area contributed by atoms with Crippen LogP contribution in [-0.4, -0.2) is 0 Å². The molecule has 4 rings (SSSR count). The highest BCUT2D eigenvalue weighted by Gasteiger charge is 2.18. The molecule has 0 unspecified atom stereocenters. The van der Waals surface area contributed by atoms with Crippen LogP contribution in [0.5, 0.6) is 0 Å². The zero-order valence-corrected chi connectivity index (χ0v) is 16.9. The van der Waals surface area contributed by atoms with Crippen molar-refractivity contribution in [2.75, 3.05) is 4.90 Å². The van der Waals surface area contributed by atoms with Crippen molar-refractivity contribution in [3.8, 4) is 0 Å². The molecule has 134 valence electrons. The van der Waals surface area contributed by atoms with Crippen LogP contribution in [-0.2, 0) is 0 Å². The largest absolute Gasteiger partial charge is 0.454 e. The predicted octanol–water partition coefficient (Wildman–Crippen LogP) is 6.27. The van der Waals surface area contributed by atoms with E-state index in [0.717, 1.165) is 43.1 Å². The monoisotopic (exact) mass is 417 g/mol. The molecule has 0 aliphatic rings. The summed E-state index contributed by atoms with van der Waals surface area (Å²) < 4.78 is 7.32. The smallest absolute Gasteiger partial charge is 0.159 e. The molecule has 3 heteroatoms. The van der Waals surface area contributed by atoms with E-state index >= 15 is 0 Å². The van der Waals surface area contributed by atoms with E-state index in [9.17, 15) is 0 Å². The summed E-state index contributed by atoms with van der Waals surface area (Å²) in [7, 11) is 0. The van der Waals surface area contributed by atoms with E-state index in [4.69, 9.17) is 4.42 Å². The maximum atomic E-state index is 6.30. The molecule has 0 spiro atoms. The molecule has 3 aromatic carbocycles. The van der Waals surface area contributed by atoms with E-state index in [2.05, 4.69) is 87.6 Å². The van der Waals surface area contributed by atoms with E-state index in [1.807, 2.05) is 32.1 Å². The van der Waals surface area contributed by atoms with E-state index < -0.39 is 0 Å². The minimum Gasteiger partial charge on any atom is -0.454 e. The van der Waals surface area contributed by atoms with Crippen molar-refractivity contribution in [3.05, 3.63) is 87.9 Å². The Hall–Kier alpha value is -2.78. The van der Waals surface area contributed by atoms with Crippen LogP contribution in [0.15, 0.2) is 81.7 Å². The Balaban J connectivity index is 2.10. The Bertz CT molecular complexity index is 1150. The lowest BCUT2D eigenvalue weighted by Gasteiger charge is -2.25. The minimum absolute atomic E-state index is 0.882. The lowest BCUT2D eigenvalue weighted by atomic mass is 10.1. The summed E-state index contributed by atoms with van der Waals surface area (Å²) >= 11 is 3.70. The molecule has 0 amide bonds. The second kappa shape index (κ2) is 7.45.